The van der Waals surface area contributed by atoms with Crippen molar-refractivity contribution in [2.45, 2.75) is 38.1 Å². The molecule has 2 aromatic rings. The monoisotopic (exact) mass is 266 g/mol. The molecule has 1 aromatic carbocycles. The molecular formula is C14H16ClFN2. The second-order valence-electron chi connectivity index (χ2n) is 5.17. The molecule has 0 amide bonds. The lowest BCUT2D eigenvalue weighted by molar-refractivity contribution is 0.479. The minimum absolute atomic E-state index is 0.165. The quantitative estimate of drug-likeness (QED) is 0.751. The summed E-state index contributed by atoms with van der Waals surface area (Å²) in [5.74, 6) is 1.30. The lowest BCUT2D eigenvalue weighted by Gasteiger charge is -2.18. The topological polar surface area (TPSA) is 17.8 Å². The van der Waals surface area contributed by atoms with E-state index in [1.807, 2.05) is 6.92 Å². The third-order valence-corrected chi connectivity index (χ3v) is 3.94. The zero-order valence-electron chi connectivity index (χ0n) is 10.5. The highest BCUT2D eigenvalue weighted by Gasteiger charge is 2.32. The number of benzene rings is 1. The van der Waals surface area contributed by atoms with E-state index >= 15 is 0 Å². The van der Waals surface area contributed by atoms with Gasteiger partial charge in [-0.2, -0.15) is 0 Å². The molecule has 2 atom stereocenters. The first-order valence-corrected chi connectivity index (χ1v) is 6.83. The van der Waals surface area contributed by atoms with Crippen molar-refractivity contribution in [3.05, 3.63) is 29.8 Å². The molecule has 0 spiro atoms. The maximum atomic E-state index is 13.4. The summed E-state index contributed by atoms with van der Waals surface area (Å²) < 4.78 is 15.6. The van der Waals surface area contributed by atoms with E-state index in [2.05, 4.69) is 16.5 Å². The highest BCUT2D eigenvalue weighted by molar-refractivity contribution is 6.20. The van der Waals surface area contributed by atoms with Crippen molar-refractivity contribution < 1.29 is 4.39 Å². The van der Waals surface area contributed by atoms with Gasteiger partial charge in [0.2, 0.25) is 0 Å². The van der Waals surface area contributed by atoms with Gasteiger partial charge >= 0.3 is 0 Å². The summed E-state index contributed by atoms with van der Waals surface area (Å²) in [5, 5.41) is -0.165. The Kier molecular flexibility index (Phi) is 2.81. The SMILES string of the molecule is CC(Cl)c1nc2ccc(F)cc2n1C(C)C1CC1. The van der Waals surface area contributed by atoms with E-state index in [0.29, 0.717) is 12.0 Å². The van der Waals surface area contributed by atoms with Crippen LogP contribution in [0.15, 0.2) is 18.2 Å². The van der Waals surface area contributed by atoms with Crippen molar-refractivity contribution in [2.75, 3.05) is 0 Å². The molecule has 1 aromatic heterocycles. The Morgan fingerprint density at radius 1 is 1.39 bits per heavy atom. The lowest BCUT2D eigenvalue weighted by Crippen LogP contribution is -2.11. The van der Waals surface area contributed by atoms with Crippen LogP contribution in [-0.4, -0.2) is 9.55 Å². The fourth-order valence-electron chi connectivity index (χ4n) is 2.58. The Morgan fingerprint density at radius 2 is 2.11 bits per heavy atom. The first-order valence-electron chi connectivity index (χ1n) is 6.39. The minimum atomic E-state index is -0.222. The smallest absolute Gasteiger partial charge is 0.127 e. The van der Waals surface area contributed by atoms with Crippen molar-refractivity contribution in [1.29, 1.82) is 0 Å². The van der Waals surface area contributed by atoms with Gasteiger partial charge in [0.25, 0.3) is 0 Å². The van der Waals surface area contributed by atoms with Gasteiger partial charge in [-0.15, -0.1) is 11.6 Å². The first-order chi connectivity index (χ1) is 8.58. The molecule has 3 rings (SSSR count). The summed E-state index contributed by atoms with van der Waals surface area (Å²) in [6.45, 7) is 4.09. The number of alkyl halides is 1. The van der Waals surface area contributed by atoms with Gasteiger partial charge in [0.15, 0.2) is 0 Å². The number of fused-ring (bicyclic) bond motifs is 1. The number of halogens is 2. The summed E-state index contributed by atoms with van der Waals surface area (Å²) >= 11 is 6.21. The molecule has 0 saturated heterocycles. The van der Waals surface area contributed by atoms with Crippen molar-refractivity contribution in [2.24, 2.45) is 5.92 Å². The summed E-state index contributed by atoms with van der Waals surface area (Å²) in [5.41, 5.74) is 1.68. The van der Waals surface area contributed by atoms with Crippen LogP contribution in [0.2, 0.25) is 0 Å². The highest BCUT2D eigenvalue weighted by Crippen LogP contribution is 2.42. The van der Waals surface area contributed by atoms with Crippen molar-refractivity contribution in [3.8, 4) is 0 Å². The Morgan fingerprint density at radius 3 is 2.72 bits per heavy atom. The molecule has 1 aliphatic rings. The van der Waals surface area contributed by atoms with Crippen LogP contribution in [0, 0.1) is 11.7 Å². The second-order valence-corrected chi connectivity index (χ2v) is 5.82. The van der Waals surface area contributed by atoms with E-state index in [9.17, 15) is 4.39 Å². The number of aromatic nitrogens is 2. The van der Waals surface area contributed by atoms with Crippen LogP contribution >= 0.6 is 11.6 Å². The van der Waals surface area contributed by atoms with Crippen molar-refractivity contribution in [3.63, 3.8) is 0 Å². The van der Waals surface area contributed by atoms with E-state index in [0.717, 1.165) is 16.9 Å². The van der Waals surface area contributed by atoms with Gasteiger partial charge < -0.3 is 4.57 Å². The predicted octanol–water partition coefficient (Wildman–Crippen LogP) is 4.45. The van der Waals surface area contributed by atoms with Crippen LogP contribution in [0.1, 0.15) is 43.9 Å². The van der Waals surface area contributed by atoms with E-state index in [1.165, 1.54) is 18.9 Å². The van der Waals surface area contributed by atoms with E-state index in [4.69, 9.17) is 11.6 Å². The zero-order chi connectivity index (χ0) is 12.9. The molecule has 1 heterocycles. The fourth-order valence-corrected chi connectivity index (χ4v) is 2.74. The van der Waals surface area contributed by atoms with E-state index in [-0.39, 0.29) is 11.2 Å². The molecule has 0 N–H and O–H groups in total. The Labute approximate surface area is 111 Å². The molecule has 0 bridgehead atoms. The Hall–Kier alpha value is -1.09. The first kappa shape index (κ1) is 12.0. The van der Waals surface area contributed by atoms with Crippen LogP contribution in [-0.2, 0) is 0 Å². The number of hydrogen-bond donors (Lipinski definition) is 0. The normalized spacial score (nSPS) is 19.1. The average Bonchev–Trinajstić information content (AvgIpc) is 3.09. The standard InChI is InChI=1S/C14H16ClFN2/c1-8(15)14-17-12-6-5-11(16)7-13(12)18(14)9(2)10-3-4-10/h5-10H,3-4H2,1-2H3. The van der Waals surface area contributed by atoms with Gasteiger partial charge in [-0.3, -0.25) is 0 Å². The maximum Gasteiger partial charge on any atom is 0.127 e. The number of imidazole rings is 1. The highest BCUT2D eigenvalue weighted by atomic mass is 35.5. The second kappa shape index (κ2) is 4.23. The minimum Gasteiger partial charge on any atom is -0.324 e. The van der Waals surface area contributed by atoms with Gasteiger partial charge in [-0.1, -0.05) is 0 Å². The van der Waals surface area contributed by atoms with E-state index in [1.54, 1.807) is 12.1 Å². The van der Waals surface area contributed by atoms with Gasteiger partial charge in [0.05, 0.1) is 16.4 Å². The van der Waals surface area contributed by atoms with Crippen LogP contribution in [0.3, 0.4) is 0 Å². The average molecular weight is 267 g/mol. The van der Waals surface area contributed by atoms with Gasteiger partial charge in [0.1, 0.15) is 11.6 Å². The molecule has 2 nitrogen and oxygen atoms in total. The molecule has 4 heteroatoms. The van der Waals surface area contributed by atoms with Gasteiger partial charge in [0, 0.05) is 6.04 Å². The predicted molar refractivity (Wildman–Crippen MR) is 71.4 cm³/mol. The number of hydrogen-bond acceptors (Lipinski definition) is 1. The Balaban J connectivity index is 2.22. The molecule has 18 heavy (non-hydrogen) atoms. The number of rotatable bonds is 3. The van der Waals surface area contributed by atoms with Gasteiger partial charge in [-0.25, -0.2) is 9.37 Å². The summed E-state index contributed by atoms with van der Waals surface area (Å²) in [6.07, 6.45) is 2.48. The maximum absolute atomic E-state index is 13.4. The molecule has 1 aliphatic carbocycles. The van der Waals surface area contributed by atoms with Crippen LogP contribution in [0.25, 0.3) is 11.0 Å². The largest absolute Gasteiger partial charge is 0.324 e. The van der Waals surface area contributed by atoms with E-state index < -0.39 is 0 Å². The third kappa shape index (κ3) is 1.91. The molecule has 2 unspecified atom stereocenters. The van der Waals surface area contributed by atoms with Crippen LogP contribution in [0.4, 0.5) is 4.39 Å². The molecule has 1 fully saturated rings. The molecule has 0 radical (unpaired) electrons. The molecule has 0 aliphatic heterocycles. The fraction of sp³-hybridized carbons (Fsp3) is 0.500. The zero-order valence-corrected chi connectivity index (χ0v) is 11.3. The van der Waals surface area contributed by atoms with Crippen molar-refractivity contribution in [1.82, 2.24) is 9.55 Å². The third-order valence-electron chi connectivity index (χ3n) is 3.75. The number of nitrogens with zero attached hydrogens (tertiary/aromatic N) is 2. The van der Waals surface area contributed by atoms with Crippen LogP contribution in [0.5, 0.6) is 0 Å². The summed E-state index contributed by atoms with van der Waals surface area (Å²) in [6, 6.07) is 5.07. The summed E-state index contributed by atoms with van der Waals surface area (Å²) in [4.78, 5) is 4.55. The molecular weight excluding hydrogens is 251 g/mol. The Bertz CT molecular complexity index is 587. The van der Waals surface area contributed by atoms with Crippen LogP contribution < -0.4 is 0 Å². The van der Waals surface area contributed by atoms with Gasteiger partial charge in [-0.05, 0) is 50.8 Å². The lowest BCUT2D eigenvalue weighted by atomic mass is 10.2. The van der Waals surface area contributed by atoms with Crippen molar-refractivity contribution >= 4 is 22.6 Å². The molecule has 96 valence electrons. The summed E-state index contributed by atoms with van der Waals surface area (Å²) in [7, 11) is 0. The molecule has 1 saturated carbocycles.